The van der Waals surface area contributed by atoms with Gasteiger partial charge in [-0.3, -0.25) is 4.68 Å². The molecular formula is C19H35N3OY-2. The molecule has 1 unspecified atom stereocenters. The average molecular weight is 410 g/mol. The number of aryl methyl sites for hydroxylation is 2. The van der Waals surface area contributed by atoms with Gasteiger partial charge in [0.05, 0.1) is 11.9 Å². The number of aromatic nitrogens is 3. The summed E-state index contributed by atoms with van der Waals surface area (Å²) in [4.78, 5) is 11.8. The standard InChI is InChI=1S/C12H23O.C7H12N3.Y/c1-9(8-11(2,3)4)10(13)12(5,6)7;1-3-4-5-7-6-8-9-10(7)2;/h9H,1,8H2,2-7H3;6H,1,3-5H2,2H3;/q2*-1;. The predicted molar refractivity (Wildman–Crippen MR) is 96.7 cm³/mol. The van der Waals surface area contributed by atoms with E-state index >= 15 is 0 Å². The fourth-order valence-corrected chi connectivity index (χ4v) is 2.29. The van der Waals surface area contributed by atoms with Crippen molar-refractivity contribution in [3.05, 3.63) is 25.7 Å². The van der Waals surface area contributed by atoms with Crippen molar-refractivity contribution in [1.82, 2.24) is 15.0 Å². The zero-order valence-corrected chi connectivity index (χ0v) is 19.6. The van der Waals surface area contributed by atoms with Crippen molar-refractivity contribution in [3.8, 4) is 0 Å². The second kappa shape index (κ2) is 11.5. The molecule has 1 atom stereocenters. The van der Waals surface area contributed by atoms with Gasteiger partial charge >= 0.3 is 0 Å². The summed E-state index contributed by atoms with van der Waals surface area (Å²) in [6, 6.07) is 0. The number of carbonyl (C=O) groups excluding carboxylic acids is 1. The molecule has 0 spiro atoms. The van der Waals surface area contributed by atoms with Crippen LogP contribution in [0.2, 0.25) is 0 Å². The van der Waals surface area contributed by atoms with Crippen LogP contribution in [0.4, 0.5) is 0 Å². The molecule has 0 aliphatic carbocycles. The first-order valence-electron chi connectivity index (χ1n) is 8.38. The van der Waals surface area contributed by atoms with Gasteiger partial charge in [-0.25, -0.2) is 0 Å². The number of ketones is 1. The average Bonchev–Trinajstić information content (AvgIpc) is 2.78. The number of unbranched alkanes of at least 4 members (excludes halogenated alkanes) is 1. The predicted octanol–water partition coefficient (Wildman–Crippen LogP) is 4.46. The van der Waals surface area contributed by atoms with Crippen molar-refractivity contribution in [1.29, 1.82) is 0 Å². The molecular weight excluding hydrogens is 375 g/mol. The maximum atomic E-state index is 11.8. The third kappa shape index (κ3) is 11.5. The van der Waals surface area contributed by atoms with E-state index in [0.717, 1.165) is 25.7 Å². The molecule has 0 N–H and O–H groups in total. The van der Waals surface area contributed by atoms with Gasteiger partial charge in [0.25, 0.3) is 0 Å². The second-order valence-corrected chi connectivity index (χ2v) is 8.38. The molecule has 0 saturated heterocycles. The van der Waals surface area contributed by atoms with Crippen molar-refractivity contribution in [2.24, 2.45) is 23.8 Å². The van der Waals surface area contributed by atoms with E-state index in [2.05, 4.69) is 44.9 Å². The summed E-state index contributed by atoms with van der Waals surface area (Å²) in [6.07, 6.45) is 5.79. The van der Waals surface area contributed by atoms with Crippen LogP contribution in [0, 0.1) is 30.6 Å². The number of hydrogen-bond donors (Lipinski definition) is 0. The van der Waals surface area contributed by atoms with Gasteiger partial charge in [0.2, 0.25) is 0 Å². The Morgan fingerprint density at radius 3 is 2.12 bits per heavy atom. The molecule has 0 amide bonds. The summed E-state index contributed by atoms with van der Waals surface area (Å²) in [5.74, 6) is 0.197. The van der Waals surface area contributed by atoms with Crippen molar-refractivity contribution in [2.45, 2.75) is 67.2 Å². The van der Waals surface area contributed by atoms with Crippen LogP contribution in [-0.4, -0.2) is 20.8 Å². The molecule has 4 nitrogen and oxygen atoms in total. The maximum absolute atomic E-state index is 11.8. The van der Waals surface area contributed by atoms with E-state index in [1.54, 1.807) is 10.9 Å². The topological polar surface area (TPSA) is 47.8 Å². The minimum atomic E-state index is -0.252. The number of carbonyl (C=O) groups is 1. The van der Waals surface area contributed by atoms with Gasteiger partial charge in [-0.05, 0) is 11.8 Å². The number of Topliss-reactive ketones (excluding diaryl/α,β-unsaturated/α-hetero) is 1. The smallest absolute Gasteiger partial charge is 0.111 e. The Kier molecular flexibility index (Phi) is 12.5. The SMILES string of the molecule is [CH2-]C(CC(C)(C)C)C(=O)C(C)(C)C.[CH2-]CCCc1cnnn1C.[Y]. The molecule has 0 fully saturated rings. The van der Waals surface area contributed by atoms with Gasteiger partial charge < -0.3 is 18.6 Å². The molecule has 5 heteroatoms. The van der Waals surface area contributed by atoms with Crippen LogP contribution < -0.4 is 0 Å². The third-order valence-corrected chi connectivity index (χ3v) is 3.46. The number of hydrogen-bond acceptors (Lipinski definition) is 3. The summed E-state index contributed by atoms with van der Waals surface area (Å²) >= 11 is 0. The van der Waals surface area contributed by atoms with Gasteiger partial charge in [0.15, 0.2) is 0 Å². The van der Waals surface area contributed by atoms with Gasteiger partial charge in [-0.1, -0.05) is 59.6 Å². The minimum absolute atomic E-state index is 0. The summed E-state index contributed by atoms with van der Waals surface area (Å²) in [6.45, 7) is 20.0. The van der Waals surface area contributed by atoms with E-state index in [4.69, 9.17) is 0 Å². The molecule has 1 heterocycles. The molecule has 1 radical (unpaired) electrons. The van der Waals surface area contributed by atoms with Crippen molar-refractivity contribution >= 4 is 5.78 Å². The number of nitrogens with zero attached hydrogens (tertiary/aromatic N) is 3. The molecule has 1 rings (SSSR count). The molecule has 0 aromatic carbocycles. The van der Waals surface area contributed by atoms with Crippen molar-refractivity contribution in [3.63, 3.8) is 0 Å². The zero-order valence-electron chi connectivity index (χ0n) is 16.7. The first kappa shape index (κ1) is 26.1. The van der Waals surface area contributed by atoms with E-state index in [1.165, 1.54) is 5.69 Å². The Labute approximate surface area is 174 Å². The van der Waals surface area contributed by atoms with E-state index in [9.17, 15) is 4.79 Å². The molecule has 24 heavy (non-hydrogen) atoms. The Bertz CT molecular complexity index is 470. The van der Waals surface area contributed by atoms with E-state index < -0.39 is 0 Å². The van der Waals surface area contributed by atoms with Gasteiger partial charge in [0.1, 0.15) is 5.78 Å². The maximum Gasteiger partial charge on any atom is 0.111 e. The fourth-order valence-electron chi connectivity index (χ4n) is 2.29. The first-order chi connectivity index (χ1) is 10.4. The summed E-state index contributed by atoms with van der Waals surface area (Å²) < 4.78 is 1.80. The van der Waals surface area contributed by atoms with Crippen LogP contribution in [0.25, 0.3) is 0 Å². The Hall–Kier alpha value is -0.0861. The quantitative estimate of drug-likeness (QED) is 0.674. The van der Waals surface area contributed by atoms with E-state index in [0.29, 0.717) is 0 Å². The Balaban J connectivity index is 0. The first-order valence-corrected chi connectivity index (χ1v) is 8.38. The molecule has 0 bridgehead atoms. The normalized spacial score (nSPS) is 12.7. The van der Waals surface area contributed by atoms with E-state index in [-0.39, 0.29) is 55.2 Å². The van der Waals surface area contributed by atoms with Gasteiger partial charge in [0, 0.05) is 45.2 Å². The summed E-state index contributed by atoms with van der Waals surface area (Å²) in [7, 11) is 1.91. The molecule has 1 aromatic rings. The monoisotopic (exact) mass is 410 g/mol. The Morgan fingerprint density at radius 2 is 1.79 bits per heavy atom. The van der Waals surface area contributed by atoms with Gasteiger partial charge in [-0.15, -0.1) is 11.0 Å². The van der Waals surface area contributed by atoms with Crippen molar-refractivity contribution < 1.29 is 37.5 Å². The van der Waals surface area contributed by atoms with Crippen LogP contribution in [0.5, 0.6) is 0 Å². The van der Waals surface area contributed by atoms with Crippen LogP contribution in [0.3, 0.4) is 0 Å². The minimum Gasteiger partial charge on any atom is -0.343 e. The summed E-state index contributed by atoms with van der Waals surface area (Å²) in [5, 5.41) is 7.58. The molecule has 137 valence electrons. The molecule has 0 saturated carbocycles. The fraction of sp³-hybridized carbons (Fsp3) is 0.737. The zero-order chi connectivity index (χ0) is 18.3. The number of rotatable bonds is 5. The largest absolute Gasteiger partial charge is 0.343 e. The molecule has 0 aliphatic heterocycles. The van der Waals surface area contributed by atoms with E-state index in [1.807, 2.05) is 27.8 Å². The molecule has 0 aliphatic rings. The molecule has 1 aromatic heterocycles. The van der Waals surface area contributed by atoms with Crippen LogP contribution in [0.15, 0.2) is 6.20 Å². The van der Waals surface area contributed by atoms with Gasteiger partial charge in [-0.2, -0.15) is 6.42 Å². The van der Waals surface area contributed by atoms with Crippen molar-refractivity contribution in [2.75, 3.05) is 0 Å². The Morgan fingerprint density at radius 1 is 1.25 bits per heavy atom. The van der Waals surface area contributed by atoms with Crippen LogP contribution >= 0.6 is 0 Å². The second-order valence-electron chi connectivity index (χ2n) is 8.38. The van der Waals surface area contributed by atoms with Crippen LogP contribution in [0.1, 0.15) is 66.5 Å². The third-order valence-electron chi connectivity index (χ3n) is 3.46. The summed E-state index contributed by atoms with van der Waals surface area (Å²) in [5.41, 5.74) is 1.12. The van der Waals surface area contributed by atoms with Crippen LogP contribution in [-0.2, 0) is 51.0 Å².